The zero-order valence-electron chi connectivity index (χ0n) is 12.0. The highest BCUT2D eigenvalue weighted by molar-refractivity contribution is 6.31. The highest BCUT2D eigenvalue weighted by Crippen LogP contribution is 2.32. The first-order valence-electron chi connectivity index (χ1n) is 7.01. The molecule has 8 heteroatoms. The molecule has 4 nitrogen and oxygen atoms in total. The van der Waals surface area contributed by atoms with Crippen LogP contribution in [0.2, 0.25) is 5.02 Å². The van der Waals surface area contributed by atoms with Crippen molar-refractivity contribution in [3.05, 3.63) is 53.2 Å². The minimum Gasteiger partial charge on any atom is -0.359 e. The van der Waals surface area contributed by atoms with Gasteiger partial charge in [0.1, 0.15) is 0 Å². The number of rotatable bonds is 2. The van der Waals surface area contributed by atoms with Gasteiger partial charge in [0.05, 0.1) is 22.3 Å². The number of hydrogen-bond acceptors (Lipinski definition) is 2. The minimum atomic E-state index is -4.39. The van der Waals surface area contributed by atoms with E-state index in [0.717, 1.165) is 28.7 Å². The lowest BCUT2D eigenvalue weighted by molar-refractivity contribution is -0.137. The molecule has 4 aromatic rings. The normalized spacial score (nSPS) is 12.2. The van der Waals surface area contributed by atoms with Crippen molar-refractivity contribution in [2.45, 2.75) is 6.18 Å². The lowest BCUT2D eigenvalue weighted by Gasteiger charge is -2.04. The van der Waals surface area contributed by atoms with E-state index in [1.54, 1.807) is 18.3 Å². The molecule has 2 heterocycles. The number of nitrogens with one attached hydrogen (secondary N) is 3. The molecule has 0 aliphatic carbocycles. The van der Waals surface area contributed by atoms with E-state index in [0.29, 0.717) is 16.5 Å². The Morgan fingerprint density at radius 2 is 1.83 bits per heavy atom. The smallest absolute Gasteiger partial charge is 0.359 e. The molecule has 24 heavy (non-hydrogen) atoms. The van der Waals surface area contributed by atoms with Gasteiger partial charge in [-0.3, -0.25) is 0 Å². The van der Waals surface area contributed by atoms with E-state index in [-0.39, 0.29) is 5.52 Å². The number of hydrogen-bond donors (Lipinski definition) is 3. The molecular formula is C16H10ClF3N4. The van der Waals surface area contributed by atoms with Crippen LogP contribution in [0.3, 0.4) is 0 Å². The summed E-state index contributed by atoms with van der Waals surface area (Å²) in [5.41, 5.74) is 1.64. The zero-order chi connectivity index (χ0) is 16.9. The van der Waals surface area contributed by atoms with Crippen LogP contribution in [0.4, 0.5) is 24.8 Å². The molecule has 2 aromatic carbocycles. The van der Waals surface area contributed by atoms with Crippen LogP contribution in [0.15, 0.2) is 42.6 Å². The van der Waals surface area contributed by atoms with E-state index in [4.69, 9.17) is 11.6 Å². The van der Waals surface area contributed by atoms with E-state index in [1.165, 1.54) is 6.07 Å². The number of imidazole rings is 1. The molecule has 0 aliphatic heterocycles. The van der Waals surface area contributed by atoms with Crippen LogP contribution in [0.1, 0.15) is 5.56 Å². The Bertz CT molecular complexity index is 1050. The van der Waals surface area contributed by atoms with Crippen molar-refractivity contribution >= 4 is 45.2 Å². The summed E-state index contributed by atoms with van der Waals surface area (Å²) >= 11 is 6.00. The summed E-state index contributed by atoms with van der Waals surface area (Å²) in [5, 5.41) is 4.51. The van der Waals surface area contributed by atoms with Crippen molar-refractivity contribution in [2.75, 3.05) is 5.32 Å². The zero-order valence-corrected chi connectivity index (χ0v) is 12.8. The van der Waals surface area contributed by atoms with Gasteiger partial charge in [-0.25, -0.2) is 4.98 Å². The Hall–Kier alpha value is -2.67. The second-order valence-electron chi connectivity index (χ2n) is 5.33. The number of anilines is 2. The first-order valence-corrected chi connectivity index (χ1v) is 7.38. The lowest BCUT2D eigenvalue weighted by Crippen LogP contribution is -2.04. The summed E-state index contributed by atoms with van der Waals surface area (Å²) in [6.45, 7) is 0. The maximum atomic E-state index is 12.8. The maximum absolute atomic E-state index is 12.8. The summed E-state index contributed by atoms with van der Waals surface area (Å²) in [6.07, 6.45) is -2.65. The average molecular weight is 351 g/mol. The fraction of sp³-hybridized carbons (Fsp3) is 0.0625. The molecule has 0 saturated heterocycles. The van der Waals surface area contributed by atoms with Gasteiger partial charge in [-0.05, 0) is 36.4 Å². The maximum Gasteiger partial charge on any atom is 0.416 e. The van der Waals surface area contributed by atoms with Crippen LogP contribution in [-0.2, 0) is 6.18 Å². The Balaban J connectivity index is 1.72. The standard InChI is InChI=1S/C16H10ClF3N4/c17-9-2-4-11-10(6-9)14(7-21-11)24-15-22-12-3-1-8(16(18,19)20)5-13(12)23-15/h1-7,21H,(H2,22,23,24). The third-order valence-corrected chi connectivity index (χ3v) is 3.94. The highest BCUT2D eigenvalue weighted by Gasteiger charge is 2.30. The van der Waals surface area contributed by atoms with Crippen LogP contribution in [0.5, 0.6) is 0 Å². The summed E-state index contributed by atoms with van der Waals surface area (Å²) < 4.78 is 38.3. The van der Waals surface area contributed by atoms with Crippen molar-refractivity contribution < 1.29 is 13.2 Å². The van der Waals surface area contributed by atoms with Crippen molar-refractivity contribution in [2.24, 2.45) is 0 Å². The van der Waals surface area contributed by atoms with E-state index in [9.17, 15) is 13.2 Å². The van der Waals surface area contributed by atoms with Gasteiger partial charge >= 0.3 is 6.18 Å². The molecule has 0 unspecified atom stereocenters. The lowest BCUT2D eigenvalue weighted by atomic mass is 10.2. The number of H-pyrrole nitrogens is 2. The van der Waals surface area contributed by atoms with Gasteiger partial charge in [0.25, 0.3) is 0 Å². The molecule has 3 N–H and O–H groups in total. The van der Waals surface area contributed by atoms with Gasteiger partial charge < -0.3 is 15.3 Å². The molecule has 0 saturated carbocycles. The first kappa shape index (κ1) is 14.9. The van der Waals surface area contributed by atoms with E-state index < -0.39 is 11.7 Å². The molecule has 0 amide bonds. The van der Waals surface area contributed by atoms with Crippen LogP contribution in [-0.4, -0.2) is 15.0 Å². The fourth-order valence-electron chi connectivity index (χ4n) is 2.57. The summed E-state index contributed by atoms with van der Waals surface area (Å²) in [4.78, 5) is 10.2. The number of benzene rings is 2. The van der Waals surface area contributed by atoms with Crippen LogP contribution < -0.4 is 5.32 Å². The number of aromatic nitrogens is 3. The summed E-state index contributed by atoms with van der Waals surface area (Å²) in [5.74, 6) is 0.352. The molecule has 122 valence electrons. The van der Waals surface area contributed by atoms with Crippen molar-refractivity contribution in [1.29, 1.82) is 0 Å². The molecule has 0 bridgehead atoms. The average Bonchev–Trinajstić information content (AvgIpc) is 3.09. The van der Waals surface area contributed by atoms with Gasteiger partial charge in [-0.2, -0.15) is 13.2 Å². The minimum absolute atomic E-state index is 0.241. The third-order valence-electron chi connectivity index (χ3n) is 3.71. The monoisotopic (exact) mass is 350 g/mol. The SMILES string of the molecule is FC(F)(F)c1ccc2[nH]c(Nc3c[nH]c4ccc(Cl)cc34)nc2c1. The molecule has 0 spiro atoms. The largest absolute Gasteiger partial charge is 0.416 e. The van der Waals surface area contributed by atoms with Crippen LogP contribution in [0, 0.1) is 0 Å². The van der Waals surface area contributed by atoms with E-state index in [2.05, 4.69) is 20.3 Å². The van der Waals surface area contributed by atoms with Crippen LogP contribution >= 0.6 is 11.6 Å². The number of aromatic amines is 2. The number of fused-ring (bicyclic) bond motifs is 2. The summed E-state index contributed by atoms with van der Waals surface area (Å²) in [6, 6.07) is 8.81. The van der Waals surface area contributed by atoms with Crippen molar-refractivity contribution in [3.8, 4) is 0 Å². The van der Waals surface area contributed by atoms with Crippen molar-refractivity contribution in [1.82, 2.24) is 15.0 Å². The Kier molecular flexibility index (Phi) is 3.21. The highest BCUT2D eigenvalue weighted by atomic mass is 35.5. The molecule has 0 fully saturated rings. The fourth-order valence-corrected chi connectivity index (χ4v) is 2.74. The number of halogens is 4. The van der Waals surface area contributed by atoms with Gasteiger partial charge in [-0.15, -0.1) is 0 Å². The topological polar surface area (TPSA) is 56.5 Å². The predicted molar refractivity (Wildman–Crippen MR) is 87.7 cm³/mol. The van der Waals surface area contributed by atoms with Crippen molar-refractivity contribution in [3.63, 3.8) is 0 Å². The van der Waals surface area contributed by atoms with Gasteiger partial charge in [0.15, 0.2) is 0 Å². The Labute approximate surface area is 138 Å². The quantitative estimate of drug-likeness (QED) is 0.449. The molecule has 0 aliphatic rings. The molecule has 4 rings (SSSR count). The Morgan fingerprint density at radius 3 is 2.62 bits per heavy atom. The first-order chi connectivity index (χ1) is 11.4. The van der Waals surface area contributed by atoms with Gasteiger partial charge in [-0.1, -0.05) is 11.6 Å². The van der Waals surface area contributed by atoms with E-state index >= 15 is 0 Å². The summed E-state index contributed by atoms with van der Waals surface area (Å²) in [7, 11) is 0. The molecule has 0 atom stereocenters. The molecule has 2 aromatic heterocycles. The number of nitrogens with zero attached hydrogens (tertiary/aromatic N) is 1. The van der Waals surface area contributed by atoms with Gasteiger partial charge in [0, 0.05) is 22.1 Å². The molecule has 0 radical (unpaired) electrons. The van der Waals surface area contributed by atoms with Crippen LogP contribution in [0.25, 0.3) is 21.9 Å². The predicted octanol–water partition coefficient (Wildman–Crippen LogP) is 5.46. The second kappa shape index (κ2) is 5.17. The van der Waals surface area contributed by atoms with E-state index in [1.807, 2.05) is 6.07 Å². The Morgan fingerprint density at radius 1 is 1.04 bits per heavy atom. The number of alkyl halides is 3. The third kappa shape index (κ3) is 2.56. The molecular weight excluding hydrogens is 341 g/mol. The van der Waals surface area contributed by atoms with Gasteiger partial charge in [0.2, 0.25) is 5.95 Å². The second-order valence-corrected chi connectivity index (χ2v) is 5.77.